The summed E-state index contributed by atoms with van der Waals surface area (Å²) in [5.41, 5.74) is 0. The molecule has 2 atom stereocenters. The first-order valence-electron chi connectivity index (χ1n) is 20.4. The molecule has 0 heterocycles. The van der Waals surface area contributed by atoms with E-state index in [1.807, 2.05) is 6.08 Å². The van der Waals surface area contributed by atoms with Crippen molar-refractivity contribution >= 4 is 5.91 Å². The molecule has 0 aromatic heterocycles. The van der Waals surface area contributed by atoms with Gasteiger partial charge in [0, 0.05) is 6.42 Å². The number of amides is 1. The summed E-state index contributed by atoms with van der Waals surface area (Å²) in [5.74, 6) is -0.0712. The third-order valence-electron chi connectivity index (χ3n) is 9.06. The molecule has 0 aliphatic rings. The number of allylic oxidation sites excluding steroid dienone is 7. The maximum Gasteiger partial charge on any atom is 0.220 e. The van der Waals surface area contributed by atoms with E-state index < -0.39 is 12.1 Å². The fraction of sp³-hybridized carbons (Fsp3) is 0.791. The van der Waals surface area contributed by atoms with Gasteiger partial charge < -0.3 is 15.5 Å². The van der Waals surface area contributed by atoms with E-state index in [9.17, 15) is 15.0 Å². The Hall–Kier alpha value is -1.65. The lowest BCUT2D eigenvalue weighted by Crippen LogP contribution is -2.45. The number of hydrogen-bond donors (Lipinski definition) is 3. The molecule has 0 aliphatic carbocycles. The van der Waals surface area contributed by atoms with Crippen molar-refractivity contribution in [1.82, 2.24) is 5.32 Å². The lowest BCUT2D eigenvalue weighted by atomic mass is 10.0. The lowest BCUT2D eigenvalue weighted by Gasteiger charge is -2.20. The topological polar surface area (TPSA) is 69.6 Å². The van der Waals surface area contributed by atoms with E-state index in [0.717, 1.165) is 38.5 Å². The minimum atomic E-state index is -0.837. The molecule has 47 heavy (non-hydrogen) atoms. The molecular weight excluding hydrogens is 578 g/mol. The van der Waals surface area contributed by atoms with Crippen molar-refractivity contribution in [1.29, 1.82) is 0 Å². The van der Waals surface area contributed by atoms with Crippen LogP contribution < -0.4 is 5.32 Å². The van der Waals surface area contributed by atoms with Crippen LogP contribution in [0.1, 0.15) is 200 Å². The number of carbonyl (C=O) groups is 1. The van der Waals surface area contributed by atoms with E-state index in [1.165, 1.54) is 141 Å². The van der Waals surface area contributed by atoms with Gasteiger partial charge in [0.05, 0.1) is 18.8 Å². The summed E-state index contributed by atoms with van der Waals surface area (Å²) in [5, 5.41) is 22.8. The summed E-state index contributed by atoms with van der Waals surface area (Å²) in [4.78, 5) is 12.3. The zero-order valence-corrected chi connectivity index (χ0v) is 31.3. The molecule has 0 saturated carbocycles. The van der Waals surface area contributed by atoms with Gasteiger partial charge in [0.15, 0.2) is 0 Å². The Bertz CT molecular complexity index is 756. The van der Waals surface area contributed by atoms with Gasteiger partial charge in [-0.3, -0.25) is 4.79 Å². The molecule has 1 amide bonds. The quantitative estimate of drug-likeness (QED) is 0.0464. The van der Waals surface area contributed by atoms with Crippen LogP contribution in [0.5, 0.6) is 0 Å². The van der Waals surface area contributed by atoms with Crippen LogP contribution in [0.25, 0.3) is 0 Å². The van der Waals surface area contributed by atoms with Crippen LogP contribution in [0.15, 0.2) is 48.6 Å². The van der Waals surface area contributed by atoms with E-state index in [2.05, 4.69) is 55.6 Å². The van der Waals surface area contributed by atoms with Crippen molar-refractivity contribution < 1.29 is 15.0 Å². The SMILES string of the molecule is CCCCCCC/C=C\C/C=C\C/C=C\CCCCCCCCCCCCCCC(=O)NC(CO)C(O)/C=C/CCCCCCCC. The van der Waals surface area contributed by atoms with Crippen molar-refractivity contribution in [2.45, 2.75) is 212 Å². The fourth-order valence-corrected chi connectivity index (χ4v) is 5.89. The molecule has 2 unspecified atom stereocenters. The Balaban J connectivity index is 3.51. The largest absolute Gasteiger partial charge is 0.394 e. The zero-order valence-electron chi connectivity index (χ0n) is 31.3. The van der Waals surface area contributed by atoms with Crippen molar-refractivity contribution in [3.05, 3.63) is 48.6 Å². The van der Waals surface area contributed by atoms with Gasteiger partial charge in [0.1, 0.15) is 0 Å². The minimum absolute atomic E-state index is 0.0712. The minimum Gasteiger partial charge on any atom is -0.394 e. The summed E-state index contributed by atoms with van der Waals surface area (Å²) < 4.78 is 0. The van der Waals surface area contributed by atoms with Crippen LogP contribution in [0.4, 0.5) is 0 Å². The molecule has 0 fully saturated rings. The number of aliphatic hydroxyl groups is 2. The van der Waals surface area contributed by atoms with Gasteiger partial charge in [-0.25, -0.2) is 0 Å². The second-order valence-electron chi connectivity index (χ2n) is 13.7. The first-order valence-corrected chi connectivity index (χ1v) is 20.4. The third-order valence-corrected chi connectivity index (χ3v) is 9.06. The van der Waals surface area contributed by atoms with Crippen LogP contribution >= 0.6 is 0 Å². The van der Waals surface area contributed by atoms with Crippen LogP contribution in [-0.2, 0) is 4.79 Å². The van der Waals surface area contributed by atoms with Gasteiger partial charge in [-0.05, 0) is 57.8 Å². The predicted octanol–water partition coefficient (Wildman–Crippen LogP) is 12.4. The van der Waals surface area contributed by atoms with E-state index in [0.29, 0.717) is 6.42 Å². The average Bonchev–Trinajstić information content (AvgIpc) is 3.07. The Morgan fingerprint density at radius 1 is 0.511 bits per heavy atom. The second kappa shape index (κ2) is 38.8. The standard InChI is InChI=1S/C43H79NO3/c1-3-5-7-9-11-13-14-15-16-17-18-19-20-21-22-23-24-25-26-27-28-29-30-31-33-35-37-39-43(47)44-41(40-45)42(46)38-36-34-32-12-10-8-6-4-2/h14-15,17-18,20-21,36,38,41-42,45-46H,3-13,16,19,22-35,37,39-40H2,1-2H3,(H,44,47)/b15-14-,18-17-,21-20-,38-36+. The van der Waals surface area contributed by atoms with Gasteiger partial charge in [0.25, 0.3) is 0 Å². The fourth-order valence-electron chi connectivity index (χ4n) is 5.89. The Kier molecular flexibility index (Phi) is 37.4. The van der Waals surface area contributed by atoms with Crippen LogP contribution in [-0.4, -0.2) is 34.9 Å². The molecular formula is C43H79NO3. The van der Waals surface area contributed by atoms with Gasteiger partial charge in [0.2, 0.25) is 5.91 Å². The summed E-state index contributed by atoms with van der Waals surface area (Å²) >= 11 is 0. The maximum absolute atomic E-state index is 12.3. The van der Waals surface area contributed by atoms with E-state index in [1.54, 1.807) is 6.08 Å². The molecule has 3 N–H and O–H groups in total. The molecule has 4 heteroatoms. The van der Waals surface area contributed by atoms with Crippen molar-refractivity contribution in [3.8, 4) is 0 Å². The molecule has 0 spiro atoms. The summed E-state index contributed by atoms with van der Waals surface area (Å²) in [6.45, 7) is 4.25. The number of aliphatic hydroxyl groups excluding tert-OH is 2. The monoisotopic (exact) mass is 658 g/mol. The molecule has 0 saturated heterocycles. The van der Waals surface area contributed by atoms with Gasteiger partial charge in [-0.1, -0.05) is 184 Å². The third kappa shape index (κ3) is 35.5. The van der Waals surface area contributed by atoms with Crippen LogP contribution in [0.2, 0.25) is 0 Å². The Morgan fingerprint density at radius 3 is 1.30 bits per heavy atom. The highest BCUT2D eigenvalue weighted by atomic mass is 16.3. The summed E-state index contributed by atoms with van der Waals surface area (Å²) in [7, 11) is 0. The maximum atomic E-state index is 12.3. The second-order valence-corrected chi connectivity index (χ2v) is 13.7. The zero-order chi connectivity index (χ0) is 34.3. The van der Waals surface area contributed by atoms with Crippen molar-refractivity contribution in [2.75, 3.05) is 6.61 Å². The van der Waals surface area contributed by atoms with Crippen molar-refractivity contribution in [2.24, 2.45) is 0 Å². The molecule has 274 valence electrons. The van der Waals surface area contributed by atoms with Gasteiger partial charge in [-0.15, -0.1) is 0 Å². The molecule has 0 aliphatic heterocycles. The number of rotatable bonds is 36. The molecule has 0 bridgehead atoms. The molecule has 0 aromatic rings. The number of carbonyl (C=O) groups excluding carboxylic acids is 1. The lowest BCUT2D eigenvalue weighted by molar-refractivity contribution is -0.123. The van der Waals surface area contributed by atoms with E-state index >= 15 is 0 Å². The summed E-state index contributed by atoms with van der Waals surface area (Å²) in [6.07, 6.45) is 52.2. The van der Waals surface area contributed by atoms with Gasteiger partial charge >= 0.3 is 0 Å². The highest BCUT2D eigenvalue weighted by Crippen LogP contribution is 2.14. The van der Waals surface area contributed by atoms with E-state index in [4.69, 9.17) is 0 Å². The first-order chi connectivity index (χ1) is 23.2. The smallest absolute Gasteiger partial charge is 0.220 e. The van der Waals surface area contributed by atoms with E-state index in [-0.39, 0.29) is 12.5 Å². The Labute approximate surface area is 293 Å². The number of nitrogens with one attached hydrogen (secondary N) is 1. The van der Waals surface area contributed by atoms with Crippen molar-refractivity contribution in [3.63, 3.8) is 0 Å². The Morgan fingerprint density at radius 2 is 0.872 bits per heavy atom. The van der Waals surface area contributed by atoms with Gasteiger partial charge in [-0.2, -0.15) is 0 Å². The molecule has 4 nitrogen and oxygen atoms in total. The normalized spacial score (nSPS) is 13.5. The number of hydrogen-bond acceptors (Lipinski definition) is 3. The highest BCUT2D eigenvalue weighted by Gasteiger charge is 2.17. The summed E-state index contributed by atoms with van der Waals surface area (Å²) in [6, 6.07) is -0.620. The first kappa shape index (κ1) is 45.3. The predicted molar refractivity (Wildman–Crippen MR) is 207 cm³/mol. The number of unbranched alkanes of at least 4 members (excludes halogenated alkanes) is 23. The van der Waals surface area contributed by atoms with Crippen LogP contribution in [0.3, 0.4) is 0 Å². The highest BCUT2D eigenvalue weighted by molar-refractivity contribution is 5.76. The average molecular weight is 658 g/mol. The van der Waals surface area contributed by atoms with Crippen LogP contribution in [0, 0.1) is 0 Å². The molecule has 0 rings (SSSR count). The molecule has 0 radical (unpaired) electrons. The molecule has 0 aromatic carbocycles.